The van der Waals surface area contributed by atoms with Crippen molar-refractivity contribution >= 4 is 118 Å². The van der Waals surface area contributed by atoms with Crippen molar-refractivity contribution in [2.75, 3.05) is 0 Å². The third kappa shape index (κ3) is 2.65. The highest BCUT2D eigenvalue weighted by atomic mass is 79.9. The van der Waals surface area contributed by atoms with Gasteiger partial charge in [-0.15, -0.1) is 0 Å². The van der Waals surface area contributed by atoms with E-state index in [0.29, 0.717) is 11.1 Å². The molecule has 9 rings (SSSR count). The van der Waals surface area contributed by atoms with Crippen LogP contribution in [0.1, 0.15) is 31.8 Å². The largest absolute Gasteiger partial charge is 0.289 e. The molecule has 40 heavy (non-hydrogen) atoms. The van der Waals surface area contributed by atoms with Gasteiger partial charge in [0.25, 0.3) is 0 Å². The summed E-state index contributed by atoms with van der Waals surface area (Å²) in [7, 11) is 0. The molecule has 0 fully saturated rings. The predicted octanol–water partition coefficient (Wildman–Crippen LogP) is 11.2. The van der Waals surface area contributed by atoms with Crippen molar-refractivity contribution in [1.82, 2.24) is 0 Å². The fraction of sp³-hybridized carbons (Fsp3) is 0. The second-order valence-electron chi connectivity index (χ2n) is 10.4. The van der Waals surface area contributed by atoms with Crippen molar-refractivity contribution in [1.29, 1.82) is 0 Å². The van der Waals surface area contributed by atoms with E-state index in [4.69, 9.17) is 0 Å². The Bertz CT molecular complexity index is 2380. The zero-order valence-corrected chi connectivity index (χ0v) is 26.6. The quantitative estimate of drug-likeness (QED) is 0.0666. The number of hydrogen-bond acceptors (Lipinski definition) is 2. The minimum absolute atomic E-state index is 0.00905. The second kappa shape index (κ2) is 7.89. The van der Waals surface area contributed by atoms with Crippen LogP contribution in [0.25, 0.3) is 65.3 Å². The summed E-state index contributed by atoms with van der Waals surface area (Å²) in [6.07, 6.45) is 0. The molecule has 188 valence electrons. The number of carbonyl (C=O) groups is 2. The summed E-state index contributed by atoms with van der Waals surface area (Å²) in [5, 5.41) is 8.51. The smallest absolute Gasteiger partial charge is 0.195 e. The molecule has 0 N–H and O–H groups in total. The van der Waals surface area contributed by atoms with Gasteiger partial charge in [0.05, 0.1) is 0 Å². The zero-order valence-electron chi connectivity index (χ0n) is 20.3. The molecule has 0 amide bonds. The molecule has 2 aliphatic carbocycles. The highest BCUT2D eigenvalue weighted by Crippen LogP contribution is 2.54. The lowest BCUT2D eigenvalue weighted by molar-refractivity contribution is 0.103. The van der Waals surface area contributed by atoms with E-state index >= 15 is 0 Å². The summed E-state index contributed by atoms with van der Waals surface area (Å²) < 4.78 is 3.22. The van der Waals surface area contributed by atoms with Gasteiger partial charge < -0.3 is 0 Å². The van der Waals surface area contributed by atoms with Crippen LogP contribution in [0.3, 0.4) is 0 Å². The van der Waals surface area contributed by atoms with Gasteiger partial charge >= 0.3 is 0 Å². The molecule has 7 aromatic carbocycles. The standard InChI is InChI=1S/C34H12Br4O2/c35-29-27-20-10-7-16-17-8-11-21-25-14(13-3-1-2-4-19(13)33(21)39)5-6-15(23(17)25)18-9-12-22(26(20)24(16)18)34(40)28(27)30(36)32(38)31(29)37/h1-12H. The molecule has 0 saturated carbocycles. The summed E-state index contributed by atoms with van der Waals surface area (Å²) in [5.74, 6) is 0.0578. The average molecular weight is 772 g/mol. The molecule has 2 nitrogen and oxygen atoms in total. The predicted molar refractivity (Wildman–Crippen MR) is 176 cm³/mol. The van der Waals surface area contributed by atoms with E-state index in [1.165, 1.54) is 0 Å². The van der Waals surface area contributed by atoms with Crippen LogP contribution in [0.5, 0.6) is 0 Å². The monoisotopic (exact) mass is 768 g/mol. The normalized spacial score (nSPS) is 13.6. The summed E-state index contributed by atoms with van der Waals surface area (Å²) in [6, 6.07) is 24.6. The van der Waals surface area contributed by atoms with Crippen molar-refractivity contribution < 1.29 is 9.59 Å². The third-order valence-electron chi connectivity index (χ3n) is 8.62. The van der Waals surface area contributed by atoms with Gasteiger partial charge in [0.1, 0.15) is 0 Å². The zero-order chi connectivity index (χ0) is 27.2. The van der Waals surface area contributed by atoms with Crippen LogP contribution in [-0.4, -0.2) is 11.6 Å². The van der Waals surface area contributed by atoms with Gasteiger partial charge in [0, 0.05) is 56.5 Å². The Morgan fingerprint density at radius 3 is 1.40 bits per heavy atom. The number of benzene rings is 7. The highest BCUT2D eigenvalue weighted by Gasteiger charge is 2.34. The van der Waals surface area contributed by atoms with Crippen LogP contribution < -0.4 is 0 Å². The Morgan fingerprint density at radius 2 is 0.800 bits per heavy atom. The molecule has 6 heteroatoms. The molecule has 7 aromatic rings. The topological polar surface area (TPSA) is 34.1 Å². The third-order valence-corrected chi connectivity index (χ3v) is 13.4. The second-order valence-corrected chi connectivity index (χ2v) is 13.5. The van der Waals surface area contributed by atoms with Crippen molar-refractivity contribution in [3.63, 3.8) is 0 Å². The van der Waals surface area contributed by atoms with Gasteiger partial charge in [-0.2, -0.15) is 0 Å². The fourth-order valence-corrected chi connectivity index (χ4v) is 9.51. The lowest BCUT2D eigenvalue weighted by Gasteiger charge is -2.27. The number of hydrogen-bond donors (Lipinski definition) is 0. The first-order valence-electron chi connectivity index (χ1n) is 12.6. The summed E-state index contributed by atoms with van der Waals surface area (Å²) in [4.78, 5) is 27.7. The fourth-order valence-electron chi connectivity index (χ4n) is 6.99. The maximum absolute atomic E-state index is 14.1. The highest BCUT2D eigenvalue weighted by molar-refractivity contribution is 9.15. The number of halogens is 4. The molecule has 0 spiro atoms. The van der Waals surface area contributed by atoms with E-state index in [-0.39, 0.29) is 11.6 Å². The first kappa shape index (κ1) is 23.8. The molecule has 0 radical (unpaired) electrons. The molecule has 0 heterocycles. The minimum Gasteiger partial charge on any atom is -0.289 e. The van der Waals surface area contributed by atoms with Gasteiger partial charge in [0.2, 0.25) is 0 Å². The number of carbonyl (C=O) groups excluding carboxylic acids is 2. The van der Waals surface area contributed by atoms with E-state index in [9.17, 15) is 9.59 Å². The lowest BCUT2D eigenvalue weighted by Crippen LogP contribution is -2.13. The lowest BCUT2D eigenvalue weighted by atomic mass is 9.77. The Balaban J connectivity index is 1.50. The van der Waals surface area contributed by atoms with Crippen LogP contribution in [-0.2, 0) is 0 Å². The van der Waals surface area contributed by atoms with Gasteiger partial charge in [-0.05, 0) is 125 Å². The van der Waals surface area contributed by atoms with Crippen molar-refractivity contribution in [2.24, 2.45) is 0 Å². The van der Waals surface area contributed by atoms with E-state index in [2.05, 4.69) is 100 Å². The van der Waals surface area contributed by atoms with Gasteiger partial charge in [-0.3, -0.25) is 9.59 Å². The van der Waals surface area contributed by atoms with Crippen LogP contribution >= 0.6 is 63.7 Å². The Hall–Kier alpha value is -2.90. The molecule has 0 aromatic heterocycles. The first-order chi connectivity index (χ1) is 19.4. The van der Waals surface area contributed by atoms with Crippen molar-refractivity contribution in [3.8, 4) is 22.3 Å². The molecule has 0 unspecified atom stereocenters. The van der Waals surface area contributed by atoms with Crippen molar-refractivity contribution in [3.05, 3.63) is 113 Å². The number of rotatable bonds is 0. The average Bonchev–Trinajstić information content (AvgIpc) is 2.98. The molecular weight excluding hydrogens is 760 g/mol. The molecular formula is C34H12Br4O2. The Morgan fingerprint density at radius 1 is 0.350 bits per heavy atom. The van der Waals surface area contributed by atoms with E-state index in [1.807, 2.05) is 36.4 Å². The maximum Gasteiger partial charge on any atom is 0.195 e. The Labute approximate surface area is 261 Å². The van der Waals surface area contributed by atoms with Crippen LogP contribution in [0, 0.1) is 0 Å². The van der Waals surface area contributed by atoms with Crippen LogP contribution in [0.2, 0.25) is 0 Å². The van der Waals surface area contributed by atoms with Crippen molar-refractivity contribution in [2.45, 2.75) is 0 Å². The SMILES string of the molecule is O=C1c2ccccc2-c2ccc3c4ccc5c6c(ccc(c7ccc1c2c37)c64)-c1c(Br)c(Br)c(Br)c(Br)c1C5=O. The maximum atomic E-state index is 14.1. The van der Waals surface area contributed by atoms with Crippen LogP contribution in [0.4, 0.5) is 0 Å². The summed E-state index contributed by atoms with van der Waals surface area (Å²) in [6.45, 7) is 0. The summed E-state index contributed by atoms with van der Waals surface area (Å²) >= 11 is 14.8. The van der Waals surface area contributed by atoms with Crippen LogP contribution in [0.15, 0.2) is 90.7 Å². The summed E-state index contributed by atoms with van der Waals surface area (Å²) in [5.41, 5.74) is 6.80. The van der Waals surface area contributed by atoms with E-state index in [1.54, 1.807) is 0 Å². The molecule has 0 saturated heterocycles. The van der Waals surface area contributed by atoms with Gasteiger partial charge in [-0.25, -0.2) is 0 Å². The number of ketones is 2. The molecule has 0 atom stereocenters. The minimum atomic E-state index is -0.00905. The molecule has 0 aliphatic heterocycles. The van der Waals surface area contributed by atoms with Gasteiger partial charge in [-0.1, -0.05) is 60.7 Å². The number of fused-ring (bicyclic) bond motifs is 6. The van der Waals surface area contributed by atoms with E-state index in [0.717, 1.165) is 94.4 Å². The van der Waals surface area contributed by atoms with Gasteiger partial charge in [0.15, 0.2) is 11.6 Å². The Kier molecular flexibility index (Phi) is 4.69. The first-order valence-corrected chi connectivity index (χ1v) is 15.8. The van der Waals surface area contributed by atoms with E-state index < -0.39 is 0 Å². The molecule has 0 bridgehead atoms. The molecule has 2 aliphatic rings.